The predicted molar refractivity (Wildman–Crippen MR) is 72.7 cm³/mol. The Morgan fingerprint density at radius 1 is 1.06 bits per heavy atom. The molecule has 1 N–H and O–H groups in total. The molecule has 2 rings (SSSR count). The third-order valence-corrected chi connectivity index (χ3v) is 4.36. The van der Waals surface area contributed by atoms with Crippen molar-refractivity contribution in [2.24, 2.45) is 5.92 Å². The van der Waals surface area contributed by atoms with Gasteiger partial charge in [0, 0.05) is 10.0 Å². The van der Waals surface area contributed by atoms with Crippen LogP contribution in [0.3, 0.4) is 0 Å². The number of hydrogen-bond acceptors (Lipinski definition) is 1. The summed E-state index contributed by atoms with van der Waals surface area (Å²) in [5.41, 5.74) is 0.988. The van der Waals surface area contributed by atoms with Gasteiger partial charge in [-0.25, -0.2) is 0 Å². The van der Waals surface area contributed by atoms with Crippen molar-refractivity contribution < 1.29 is 5.11 Å². The molecule has 1 aromatic rings. The Morgan fingerprint density at radius 2 is 1.71 bits per heavy atom. The Bertz CT molecular complexity index is 358. The van der Waals surface area contributed by atoms with Gasteiger partial charge in [-0.15, -0.1) is 0 Å². The van der Waals surface area contributed by atoms with Gasteiger partial charge >= 0.3 is 0 Å². The summed E-state index contributed by atoms with van der Waals surface area (Å²) in [5.74, 6) is 0.301. The maximum atomic E-state index is 10.1. The Balaban J connectivity index is 2.13. The van der Waals surface area contributed by atoms with Gasteiger partial charge in [0.05, 0.1) is 6.10 Å². The maximum Gasteiger partial charge on any atom is 0.0571 e. The number of aliphatic hydroxyl groups is 1. The minimum absolute atomic E-state index is 0.204. The van der Waals surface area contributed by atoms with Crippen LogP contribution in [0, 0.1) is 5.92 Å². The van der Waals surface area contributed by atoms with Crippen molar-refractivity contribution in [1.82, 2.24) is 0 Å². The minimum atomic E-state index is -0.204. The van der Waals surface area contributed by atoms with Crippen LogP contribution in [0.25, 0.3) is 0 Å². The summed E-state index contributed by atoms with van der Waals surface area (Å²) in [7, 11) is 0. The first-order valence-electron chi connectivity index (χ1n) is 6.29. The highest BCUT2D eigenvalue weighted by Crippen LogP contribution is 2.32. The zero-order valence-electron chi connectivity index (χ0n) is 9.83. The van der Waals surface area contributed by atoms with E-state index >= 15 is 0 Å². The molecule has 94 valence electrons. The fourth-order valence-corrected chi connectivity index (χ4v) is 3.14. The minimum Gasteiger partial charge on any atom is -0.393 e. The van der Waals surface area contributed by atoms with Crippen LogP contribution in [0.5, 0.6) is 0 Å². The monoisotopic (exact) mass is 272 g/mol. The van der Waals surface area contributed by atoms with Crippen molar-refractivity contribution in [3.63, 3.8) is 0 Å². The van der Waals surface area contributed by atoms with Crippen LogP contribution >= 0.6 is 23.2 Å². The number of aliphatic hydroxyl groups excluding tert-OH is 1. The van der Waals surface area contributed by atoms with Crippen molar-refractivity contribution >= 4 is 23.2 Å². The maximum absolute atomic E-state index is 10.1. The van der Waals surface area contributed by atoms with Gasteiger partial charge in [0.1, 0.15) is 0 Å². The average molecular weight is 273 g/mol. The summed E-state index contributed by atoms with van der Waals surface area (Å²) in [4.78, 5) is 0. The topological polar surface area (TPSA) is 20.2 Å². The molecule has 1 saturated carbocycles. The highest BCUT2D eigenvalue weighted by atomic mass is 35.5. The van der Waals surface area contributed by atoms with Gasteiger partial charge in [-0.2, -0.15) is 0 Å². The predicted octanol–water partition coefficient (Wildman–Crippen LogP) is 4.48. The molecule has 0 aliphatic heterocycles. The molecule has 2 unspecified atom stereocenters. The normalized spacial score (nSPS) is 25.6. The van der Waals surface area contributed by atoms with Gasteiger partial charge in [0.15, 0.2) is 0 Å². The van der Waals surface area contributed by atoms with Gasteiger partial charge in [0.2, 0.25) is 0 Å². The van der Waals surface area contributed by atoms with Gasteiger partial charge in [0.25, 0.3) is 0 Å². The number of benzene rings is 1. The van der Waals surface area contributed by atoms with Gasteiger partial charge in [-0.05, 0) is 42.9 Å². The lowest BCUT2D eigenvalue weighted by atomic mass is 9.90. The number of rotatable bonds is 2. The fraction of sp³-hybridized carbons (Fsp3) is 0.571. The van der Waals surface area contributed by atoms with E-state index in [9.17, 15) is 5.11 Å². The lowest BCUT2D eigenvalue weighted by Crippen LogP contribution is -2.21. The molecule has 1 aromatic carbocycles. The quantitative estimate of drug-likeness (QED) is 0.788. The molecular weight excluding hydrogens is 255 g/mol. The average Bonchev–Trinajstić information content (AvgIpc) is 2.49. The lowest BCUT2D eigenvalue weighted by molar-refractivity contribution is 0.101. The van der Waals surface area contributed by atoms with E-state index in [0.29, 0.717) is 16.0 Å². The first kappa shape index (κ1) is 13.2. The van der Waals surface area contributed by atoms with Crippen LogP contribution in [-0.2, 0) is 6.42 Å². The van der Waals surface area contributed by atoms with E-state index in [-0.39, 0.29) is 6.10 Å². The highest BCUT2D eigenvalue weighted by Gasteiger charge is 2.23. The van der Waals surface area contributed by atoms with Gasteiger partial charge in [-0.1, -0.05) is 48.5 Å². The Kier molecular flexibility index (Phi) is 4.72. The van der Waals surface area contributed by atoms with Gasteiger partial charge < -0.3 is 5.11 Å². The molecule has 0 radical (unpaired) electrons. The van der Waals surface area contributed by atoms with Crippen LogP contribution in [0.1, 0.15) is 37.7 Å². The van der Waals surface area contributed by atoms with Crippen molar-refractivity contribution in [2.75, 3.05) is 0 Å². The highest BCUT2D eigenvalue weighted by molar-refractivity contribution is 6.35. The summed E-state index contributed by atoms with van der Waals surface area (Å²) in [5, 5.41) is 11.5. The molecule has 1 fully saturated rings. The first-order valence-corrected chi connectivity index (χ1v) is 7.05. The summed E-state index contributed by atoms with van der Waals surface area (Å²) >= 11 is 12.3. The smallest absolute Gasteiger partial charge is 0.0571 e. The largest absolute Gasteiger partial charge is 0.393 e. The Labute approximate surface area is 113 Å². The van der Waals surface area contributed by atoms with Crippen molar-refractivity contribution in [3.05, 3.63) is 33.8 Å². The Hall–Kier alpha value is -0.240. The second-order valence-electron chi connectivity index (χ2n) is 4.87. The molecule has 0 amide bonds. The van der Waals surface area contributed by atoms with Crippen molar-refractivity contribution in [1.29, 1.82) is 0 Å². The molecule has 0 heterocycles. The molecule has 0 saturated heterocycles. The molecular formula is C14H18Cl2O. The van der Waals surface area contributed by atoms with E-state index in [2.05, 4.69) is 0 Å². The third kappa shape index (κ3) is 3.37. The van der Waals surface area contributed by atoms with Crippen LogP contribution in [0.4, 0.5) is 0 Å². The SMILES string of the molecule is OC1CCCCCC1Cc1c(Cl)cccc1Cl. The van der Waals surface area contributed by atoms with E-state index in [1.807, 2.05) is 18.2 Å². The van der Waals surface area contributed by atoms with E-state index in [4.69, 9.17) is 23.2 Å². The molecule has 0 aromatic heterocycles. The second-order valence-corrected chi connectivity index (χ2v) is 5.68. The zero-order valence-corrected chi connectivity index (χ0v) is 11.3. The number of hydrogen-bond donors (Lipinski definition) is 1. The standard InChI is InChI=1S/C14H18Cl2O/c15-12-6-4-7-13(16)11(12)9-10-5-2-1-3-8-14(10)17/h4,6-7,10,14,17H,1-3,5,8-9H2. The molecule has 0 bridgehead atoms. The second kappa shape index (κ2) is 6.08. The number of halogens is 2. The van der Waals surface area contributed by atoms with Crippen LogP contribution < -0.4 is 0 Å². The molecule has 2 atom stereocenters. The van der Waals surface area contributed by atoms with E-state index in [0.717, 1.165) is 31.2 Å². The van der Waals surface area contributed by atoms with Crippen LogP contribution in [-0.4, -0.2) is 11.2 Å². The molecule has 1 aliphatic carbocycles. The lowest BCUT2D eigenvalue weighted by Gasteiger charge is -2.21. The molecule has 3 heteroatoms. The van der Waals surface area contributed by atoms with Crippen molar-refractivity contribution in [2.45, 2.75) is 44.6 Å². The van der Waals surface area contributed by atoms with E-state index in [1.165, 1.54) is 12.8 Å². The molecule has 17 heavy (non-hydrogen) atoms. The summed E-state index contributed by atoms with van der Waals surface area (Å²) in [6.07, 6.45) is 6.13. The van der Waals surface area contributed by atoms with Gasteiger partial charge in [-0.3, -0.25) is 0 Å². The molecule has 1 nitrogen and oxygen atoms in total. The van der Waals surface area contributed by atoms with E-state index in [1.54, 1.807) is 0 Å². The summed E-state index contributed by atoms with van der Waals surface area (Å²) in [6, 6.07) is 5.59. The van der Waals surface area contributed by atoms with E-state index < -0.39 is 0 Å². The van der Waals surface area contributed by atoms with Crippen LogP contribution in [0.2, 0.25) is 10.0 Å². The fourth-order valence-electron chi connectivity index (χ4n) is 2.59. The third-order valence-electron chi connectivity index (χ3n) is 3.65. The summed E-state index contributed by atoms with van der Waals surface area (Å²) < 4.78 is 0. The van der Waals surface area contributed by atoms with Crippen LogP contribution in [0.15, 0.2) is 18.2 Å². The molecule has 0 spiro atoms. The Morgan fingerprint density at radius 3 is 2.41 bits per heavy atom. The van der Waals surface area contributed by atoms with Crippen molar-refractivity contribution in [3.8, 4) is 0 Å². The zero-order chi connectivity index (χ0) is 12.3. The molecule has 1 aliphatic rings. The first-order chi connectivity index (χ1) is 8.18. The summed E-state index contributed by atoms with van der Waals surface area (Å²) in [6.45, 7) is 0.